The number of aromatic nitrogens is 6. The molecule has 0 radical (unpaired) electrons. The standard InChI is InChI=1S/C19H13ClFN7OS/c1-9-7-30-18-13(9)19(29)28(11-5-3-2-4-10(11)21)12(25-18)6-27-17-14(15(20)26-27)16(22)23-8-24-17/h2-5,7-8H,6H2,1H3,(H2,22,23,24). The molecule has 0 atom stereocenters. The first kappa shape index (κ1) is 18.6. The van der Waals surface area contributed by atoms with Crippen molar-refractivity contribution in [2.24, 2.45) is 0 Å². The lowest BCUT2D eigenvalue weighted by Gasteiger charge is -2.14. The molecule has 0 saturated heterocycles. The van der Waals surface area contributed by atoms with Crippen LogP contribution < -0.4 is 11.3 Å². The molecule has 0 bridgehead atoms. The highest BCUT2D eigenvalue weighted by Gasteiger charge is 2.21. The van der Waals surface area contributed by atoms with Crippen molar-refractivity contribution in [2.45, 2.75) is 13.5 Å². The van der Waals surface area contributed by atoms with Gasteiger partial charge in [-0.3, -0.25) is 9.36 Å². The van der Waals surface area contributed by atoms with Gasteiger partial charge in [-0.05, 0) is 30.0 Å². The molecule has 1 aromatic carbocycles. The van der Waals surface area contributed by atoms with Crippen molar-refractivity contribution in [3.63, 3.8) is 0 Å². The van der Waals surface area contributed by atoms with E-state index in [2.05, 4.69) is 20.1 Å². The van der Waals surface area contributed by atoms with Crippen molar-refractivity contribution in [1.82, 2.24) is 29.3 Å². The van der Waals surface area contributed by atoms with E-state index in [0.717, 1.165) is 5.56 Å². The number of aryl methyl sites for hydroxylation is 1. The fraction of sp³-hybridized carbons (Fsp3) is 0.105. The molecule has 11 heteroatoms. The second-order valence-corrected chi connectivity index (χ2v) is 7.84. The first-order valence-corrected chi connectivity index (χ1v) is 10.1. The van der Waals surface area contributed by atoms with Crippen LogP contribution in [0.2, 0.25) is 5.15 Å². The van der Waals surface area contributed by atoms with Crippen LogP contribution in [-0.2, 0) is 6.54 Å². The van der Waals surface area contributed by atoms with E-state index in [0.29, 0.717) is 21.3 Å². The lowest BCUT2D eigenvalue weighted by atomic mass is 10.2. The molecule has 0 aliphatic rings. The van der Waals surface area contributed by atoms with Gasteiger partial charge in [0.25, 0.3) is 5.56 Å². The minimum atomic E-state index is -0.537. The quantitative estimate of drug-likeness (QED) is 0.460. The molecule has 0 saturated carbocycles. The van der Waals surface area contributed by atoms with Crippen LogP contribution in [0, 0.1) is 12.7 Å². The molecule has 8 nitrogen and oxygen atoms in total. The predicted octanol–water partition coefficient (Wildman–Crippen LogP) is 3.32. The van der Waals surface area contributed by atoms with Crippen LogP contribution in [0.4, 0.5) is 10.2 Å². The second kappa shape index (κ2) is 6.85. The predicted molar refractivity (Wildman–Crippen MR) is 114 cm³/mol. The molecule has 0 amide bonds. The fourth-order valence-electron chi connectivity index (χ4n) is 3.39. The van der Waals surface area contributed by atoms with Gasteiger partial charge in [0.05, 0.1) is 11.1 Å². The summed E-state index contributed by atoms with van der Waals surface area (Å²) in [6, 6.07) is 6.05. The number of nitrogen functional groups attached to an aromatic ring is 1. The van der Waals surface area contributed by atoms with Crippen molar-refractivity contribution in [3.8, 4) is 5.69 Å². The Bertz CT molecular complexity index is 1510. The molecule has 4 aromatic heterocycles. The zero-order valence-corrected chi connectivity index (χ0v) is 17.1. The van der Waals surface area contributed by atoms with E-state index >= 15 is 0 Å². The Hall–Kier alpha value is -3.37. The summed E-state index contributed by atoms with van der Waals surface area (Å²) in [7, 11) is 0. The van der Waals surface area contributed by atoms with Crippen LogP contribution >= 0.6 is 22.9 Å². The van der Waals surface area contributed by atoms with Gasteiger partial charge in [0.15, 0.2) is 10.8 Å². The molecule has 5 rings (SSSR count). The molecule has 5 aromatic rings. The first-order valence-electron chi connectivity index (χ1n) is 8.83. The number of hydrogen-bond donors (Lipinski definition) is 1. The van der Waals surface area contributed by atoms with Gasteiger partial charge in [-0.25, -0.2) is 24.0 Å². The smallest absolute Gasteiger partial charge is 0.267 e. The summed E-state index contributed by atoms with van der Waals surface area (Å²) in [5.74, 6) is -0.0532. The van der Waals surface area contributed by atoms with Crippen molar-refractivity contribution in [1.29, 1.82) is 0 Å². The van der Waals surface area contributed by atoms with Crippen LogP contribution in [0.15, 0.2) is 40.8 Å². The molecule has 150 valence electrons. The topological polar surface area (TPSA) is 105 Å². The molecule has 0 aliphatic heterocycles. The molecular weight excluding hydrogens is 429 g/mol. The summed E-state index contributed by atoms with van der Waals surface area (Å²) >= 11 is 7.57. The fourth-order valence-corrected chi connectivity index (χ4v) is 4.59. The highest BCUT2D eigenvalue weighted by molar-refractivity contribution is 7.16. The minimum Gasteiger partial charge on any atom is -0.383 e. The maximum absolute atomic E-state index is 14.6. The monoisotopic (exact) mass is 441 g/mol. The number of nitrogens with two attached hydrogens (primary N) is 1. The number of para-hydroxylation sites is 1. The van der Waals surface area contributed by atoms with Crippen LogP contribution in [0.1, 0.15) is 11.4 Å². The first-order chi connectivity index (χ1) is 14.5. The summed E-state index contributed by atoms with van der Waals surface area (Å²) in [4.78, 5) is 26.7. The summed E-state index contributed by atoms with van der Waals surface area (Å²) < 4.78 is 17.4. The highest BCUT2D eigenvalue weighted by atomic mass is 35.5. The van der Waals surface area contributed by atoms with E-state index in [1.165, 1.54) is 39.0 Å². The van der Waals surface area contributed by atoms with Crippen LogP contribution in [0.3, 0.4) is 0 Å². The van der Waals surface area contributed by atoms with E-state index in [9.17, 15) is 9.18 Å². The average Bonchev–Trinajstić information content (AvgIpc) is 3.24. The Labute approximate surface area is 177 Å². The molecular formula is C19H13ClFN7OS. The van der Waals surface area contributed by atoms with Gasteiger partial charge in [0.1, 0.15) is 40.5 Å². The molecule has 0 aliphatic carbocycles. The normalized spacial score (nSPS) is 11.6. The van der Waals surface area contributed by atoms with Gasteiger partial charge in [-0.1, -0.05) is 23.7 Å². The largest absolute Gasteiger partial charge is 0.383 e. The number of nitrogens with zero attached hydrogens (tertiary/aromatic N) is 6. The third kappa shape index (κ3) is 2.76. The highest BCUT2D eigenvalue weighted by Crippen LogP contribution is 2.27. The van der Waals surface area contributed by atoms with Gasteiger partial charge in [-0.15, -0.1) is 11.3 Å². The Kier molecular flexibility index (Phi) is 4.26. The number of halogens is 2. The van der Waals surface area contributed by atoms with Crippen molar-refractivity contribution < 1.29 is 4.39 Å². The summed E-state index contributed by atoms with van der Waals surface area (Å²) in [5.41, 5.74) is 6.83. The average molecular weight is 442 g/mol. The Morgan fingerprint density at radius 3 is 2.83 bits per heavy atom. The van der Waals surface area contributed by atoms with Crippen molar-refractivity contribution in [3.05, 3.63) is 68.7 Å². The maximum atomic E-state index is 14.6. The second-order valence-electron chi connectivity index (χ2n) is 6.62. The Morgan fingerprint density at radius 1 is 1.23 bits per heavy atom. The van der Waals surface area contributed by atoms with Crippen LogP contribution in [-0.4, -0.2) is 29.3 Å². The molecule has 0 fully saturated rings. The lowest BCUT2D eigenvalue weighted by Crippen LogP contribution is -2.26. The number of rotatable bonds is 3. The van der Waals surface area contributed by atoms with Gasteiger partial charge in [0, 0.05) is 0 Å². The summed E-state index contributed by atoms with van der Waals surface area (Å²) in [5, 5.41) is 7.13. The molecule has 30 heavy (non-hydrogen) atoms. The third-order valence-electron chi connectivity index (χ3n) is 4.76. The van der Waals surface area contributed by atoms with E-state index in [4.69, 9.17) is 17.3 Å². The number of anilines is 1. The van der Waals surface area contributed by atoms with Gasteiger partial charge in [0.2, 0.25) is 0 Å². The number of hydrogen-bond acceptors (Lipinski definition) is 7. The molecule has 2 N–H and O–H groups in total. The van der Waals surface area contributed by atoms with Crippen molar-refractivity contribution in [2.75, 3.05) is 5.73 Å². The van der Waals surface area contributed by atoms with E-state index < -0.39 is 5.82 Å². The van der Waals surface area contributed by atoms with E-state index in [-0.39, 0.29) is 34.6 Å². The zero-order chi connectivity index (χ0) is 21.0. The molecule has 4 heterocycles. The summed E-state index contributed by atoms with van der Waals surface area (Å²) in [6.07, 6.45) is 1.30. The number of benzene rings is 1. The number of fused-ring (bicyclic) bond motifs is 2. The third-order valence-corrected chi connectivity index (χ3v) is 6.02. The maximum Gasteiger partial charge on any atom is 0.267 e. The molecule has 0 unspecified atom stereocenters. The Morgan fingerprint density at radius 2 is 2.03 bits per heavy atom. The zero-order valence-electron chi connectivity index (χ0n) is 15.5. The summed E-state index contributed by atoms with van der Waals surface area (Å²) in [6.45, 7) is 1.85. The van der Waals surface area contributed by atoms with Crippen LogP contribution in [0.25, 0.3) is 26.9 Å². The SMILES string of the molecule is Cc1csc2nc(Cn3nc(Cl)c4c(N)ncnc43)n(-c3ccccc3F)c(=O)c12. The van der Waals surface area contributed by atoms with Gasteiger partial charge >= 0.3 is 0 Å². The molecule has 0 spiro atoms. The van der Waals surface area contributed by atoms with E-state index in [1.54, 1.807) is 12.1 Å². The van der Waals surface area contributed by atoms with Gasteiger partial charge < -0.3 is 5.73 Å². The van der Waals surface area contributed by atoms with Gasteiger partial charge in [-0.2, -0.15) is 5.10 Å². The minimum absolute atomic E-state index is 0.0239. The lowest BCUT2D eigenvalue weighted by molar-refractivity contribution is 0.600. The Balaban J connectivity index is 1.80. The van der Waals surface area contributed by atoms with E-state index in [1.807, 2.05) is 12.3 Å². The van der Waals surface area contributed by atoms with Crippen molar-refractivity contribution >= 4 is 50.0 Å². The van der Waals surface area contributed by atoms with Crippen LogP contribution in [0.5, 0.6) is 0 Å². The number of thiophene rings is 1.